The van der Waals surface area contributed by atoms with E-state index in [9.17, 15) is 4.79 Å². The maximum absolute atomic E-state index is 13.2. The van der Waals surface area contributed by atoms with Crippen LogP contribution < -0.4 is 14.5 Å². The summed E-state index contributed by atoms with van der Waals surface area (Å²) in [6.45, 7) is 10.4. The van der Waals surface area contributed by atoms with Gasteiger partial charge < -0.3 is 19.4 Å². The van der Waals surface area contributed by atoms with Crippen molar-refractivity contribution in [1.82, 2.24) is 14.9 Å². The molecule has 3 heterocycles. The van der Waals surface area contributed by atoms with Gasteiger partial charge in [0.1, 0.15) is 11.6 Å². The van der Waals surface area contributed by atoms with Crippen molar-refractivity contribution in [3.8, 4) is 5.75 Å². The molecule has 8 heteroatoms. The van der Waals surface area contributed by atoms with Crippen molar-refractivity contribution < 1.29 is 9.53 Å². The maximum Gasteiger partial charge on any atom is 0.266 e. The number of anilines is 2. The van der Waals surface area contributed by atoms with E-state index < -0.39 is 5.60 Å². The van der Waals surface area contributed by atoms with Crippen LogP contribution in [0.25, 0.3) is 0 Å². The van der Waals surface area contributed by atoms with Crippen LogP contribution in [0.5, 0.6) is 5.75 Å². The Bertz CT molecular complexity index is 936. The third-order valence-electron chi connectivity index (χ3n) is 6.06. The van der Waals surface area contributed by atoms with Crippen LogP contribution in [0.3, 0.4) is 0 Å². The number of piperidine rings is 1. The Labute approximate surface area is 195 Å². The number of piperazine rings is 1. The van der Waals surface area contributed by atoms with Crippen molar-refractivity contribution in [3.63, 3.8) is 0 Å². The summed E-state index contributed by atoms with van der Waals surface area (Å²) >= 11 is 5.95. The molecule has 0 radical (unpaired) electrons. The zero-order valence-electron chi connectivity index (χ0n) is 19.2. The lowest BCUT2D eigenvalue weighted by Crippen LogP contribution is -2.56. The van der Waals surface area contributed by atoms with E-state index in [1.54, 1.807) is 24.3 Å². The van der Waals surface area contributed by atoms with Gasteiger partial charge in [-0.05, 0) is 64.3 Å². The number of ether oxygens (including phenoxy) is 1. The second-order valence-electron chi connectivity index (χ2n) is 9.06. The highest BCUT2D eigenvalue weighted by Gasteiger charge is 2.36. The van der Waals surface area contributed by atoms with Crippen LogP contribution in [0.1, 0.15) is 38.8 Å². The Morgan fingerprint density at radius 2 is 1.59 bits per heavy atom. The van der Waals surface area contributed by atoms with Gasteiger partial charge in [-0.25, -0.2) is 4.98 Å². The molecule has 7 nitrogen and oxygen atoms in total. The maximum atomic E-state index is 13.2. The molecule has 0 spiro atoms. The second kappa shape index (κ2) is 9.53. The summed E-state index contributed by atoms with van der Waals surface area (Å²) in [6, 6.07) is 9.16. The SMILES string of the molecule is Cc1cc(N2CCCCC2)nc(N2CCN(C(=O)C(C)(C)Oc3ccc(Cl)cc3)CC2)n1. The first-order valence-electron chi connectivity index (χ1n) is 11.4. The number of hydrogen-bond donors (Lipinski definition) is 0. The molecular weight excluding hydrogens is 426 g/mol. The first kappa shape index (κ1) is 22.6. The summed E-state index contributed by atoms with van der Waals surface area (Å²) in [5.74, 6) is 2.38. The predicted octanol–water partition coefficient (Wildman–Crippen LogP) is 3.93. The summed E-state index contributed by atoms with van der Waals surface area (Å²) in [5.41, 5.74) is 0.0173. The minimum absolute atomic E-state index is 0.0220. The van der Waals surface area contributed by atoms with Crippen LogP contribution in [0.2, 0.25) is 5.02 Å². The van der Waals surface area contributed by atoms with Crippen molar-refractivity contribution in [2.45, 2.75) is 45.6 Å². The van der Waals surface area contributed by atoms with Gasteiger partial charge in [-0.3, -0.25) is 4.79 Å². The molecule has 0 atom stereocenters. The molecular formula is C24H32ClN5O2. The first-order valence-corrected chi connectivity index (χ1v) is 11.8. The van der Waals surface area contributed by atoms with Crippen molar-refractivity contribution in [2.75, 3.05) is 49.1 Å². The van der Waals surface area contributed by atoms with Gasteiger partial charge in [0.25, 0.3) is 5.91 Å². The molecule has 1 amide bonds. The van der Waals surface area contributed by atoms with Gasteiger partial charge in [-0.2, -0.15) is 4.98 Å². The average Bonchev–Trinajstić information content (AvgIpc) is 2.80. The standard InChI is InChI=1S/C24H32ClN5O2/c1-18-17-21(28-11-5-4-6-12-28)27-23(26-18)30-15-13-29(14-16-30)22(31)24(2,3)32-20-9-7-19(25)8-10-20/h7-10,17H,4-6,11-16H2,1-3H3. The number of halogens is 1. The smallest absolute Gasteiger partial charge is 0.266 e. The fraction of sp³-hybridized carbons (Fsp3) is 0.542. The lowest BCUT2D eigenvalue weighted by Gasteiger charge is -2.39. The van der Waals surface area contributed by atoms with Crippen LogP contribution in [-0.4, -0.2) is 65.6 Å². The van der Waals surface area contributed by atoms with E-state index in [1.165, 1.54) is 19.3 Å². The summed E-state index contributed by atoms with van der Waals surface area (Å²) < 4.78 is 5.99. The zero-order chi connectivity index (χ0) is 22.7. The third kappa shape index (κ3) is 5.26. The summed E-state index contributed by atoms with van der Waals surface area (Å²) in [7, 11) is 0. The van der Waals surface area contributed by atoms with Crippen molar-refractivity contribution in [2.24, 2.45) is 0 Å². The largest absolute Gasteiger partial charge is 0.478 e. The van der Waals surface area contributed by atoms with Gasteiger partial charge in [0.2, 0.25) is 5.95 Å². The highest BCUT2D eigenvalue weighted by Crippen LogP contribution is 2.25. The number of carbonyl (C=O) groups is 1. The van der Waals surface area contributed by atoms with Gasteiger partial charge in [-0.15, -0.1) is 0 Å². The molecule has 2 aromatic rings. The molecule has 2 aliphatic rings. The molecule has 2 saturated heterocycles. The van der Waals surface area contributed by atoms with Gasteiger partial charge in [0, 0.05) is 56.1 Å². The minimum Gasteiger partial charge on any atom is -0.478 e. The van der Waals surface area contributed by atoms with E-state index in [2.05, 4.69) is 20.9 Å². The van der Waals surface area contributed by atoms with Crippen LogP contribution in [0, 0.1) is 6.92 Å². The van der Waals surface area contributed by atoms with Crippen LogP contribution >= 0.6 is 11.6 Å². The van der Waals surface area contributed by atoms with Crippen molar-refractivity contribution in [3.05, 3.63) is 41.0 Å². The molecule has 1 aromatic heterocycles. The quantitative estimate of drug-likeness (QED) is 0.677. The molecule has 0 saturated carbocycles. The summed E-state index contributed by atoms with van der Waals surface area (Å²) in [5, 5.41) is 0.638. The van der Waals surface area contributed by atoms with Crippen LogP contribution in [0.15, 0.2) is 30.3 Å². The van der Waals surface area contributed by atoms with Gasteiger partial charge >= 0.3 is 0 Å². The number of nitrogens with zero attached hydrogens (tertiary/aromatic N) is 5. The molecule has 2 aliphatic heterocycles. The number of amides is 1. The van der Waals surface area contributed by atoms with E-state index in [0.29, 0.717) is 37.0 Å². The number of carbonyl (C=O) groups excluding carboxylic acids is 1. The molecule has 2 fully saturated rings. The van der Waals surface area contributed by atoms with E-state index in [-0.39, 0.29) is 5.91 Å². The Balaban J connectivity index is 1.38. The predicted molar refractivity (Wildman–Crippen MR) is 128 cm³/mol. The minimum atomic E-state index is -0.961. The van der Waals surface area contributed by atoms with E-state index in [1.807, 2.05) is 25.7 Å². The van der Waals surface area contributed by atoms with Crippen molar-refractivity contribution >= 4 is 29.3 Å². The molecule has 0 bridgehead atoms. The molecule has 0 N–H and O–H groups in total. The Kier molecular flexibility index (Phi) is 6.74. The molecule has 4 rings (SSSR count). The number of rotatable bonds is 5. The normalized spacial score (nSPS) is 17.4. The number of benzene rings is 1. The van der Waals surface area contributed by atoms with Gasteiger partial charge in [0.05, 0.1) is 0 Å². The van der Waals surface area contributed by atoms with Crippen molar-refractivity contribution in [1.29, 1.82) is 0 Å². The fourth-order valence-electron chi connectivity index (χ4n) is 4.29. The molecule has 1 aromatic carbocycles. The molecule has 0 unspecified atom stereocenters. The average molecular weight is 458 g/mol. The number of aryl methyl sites for hydroxylation is 1. The Morgan fingerprint density at radius 3 is 2.25 bits per heavy atom. The van der Waals surface area contributed by atoms with Crippen LogP contribution in [0.4, 0.5) is 11.8 Å². The number of hydrogen-bond acceptors (Lipinski definition) is 6. The number of aromatic nitrogens is 2. The molecule has 0 aliphatic carbocycles. The van der Waals surface area contributed by atoms with E-state index >= 15 is 0 Å². The fourth-order valence-corrected chi connectivity index (χ4v) is 4.42. The topological polar surface area (TPSA) is 61.8 Å². The summed E-state index contributed by atoms with van der Waals surface area (Å²) in [6.07, 6.45) is 3.72. The molecule has 32 heavy (non-hydrogen) atoms. The highest BCUT2D eigenvalue weighted by atomic mass is 35.5. The molecule has 172 valence electrons. The summed E-state index contributed by atoms with van der Waals surface area (Å²) in [4.78, 5) is 29.1. The lowest BCUT2D eigenvalue weighted by molar-refractivity contribution is -0.145. The van der Waals surface area contributed by atoms with E-state index in [4.69, 9.17) is 21.3 Å². The first-order chi connectivity index (χ1) is 15.3. The second-order valence-corrected chi connectivity index (χ2v) is 9.50. The lowest BCUT2D eigenvalue weighted by atomic mass is 10.1. The van der Waals surface area contributed by atoms with Gasteiger partial charge in [-0.1, -0.05) is 11.6 Å². The van der Waals surface area contributed by atoms with E-state index in [0.717, 1.165) is 30.5 Å². The van der Waals surface area contributed by atoms with Gasteiger partial charge in [0.15, 0.2) is 5.60 Å². The third-order valence-corrected chi connectivity index (χ3v) is 6.31. The Hall–Kier alpha value is -2.54. The highest BCUT2D eigenvalue weighted by molar-refractivity contribution is 6.30. The monoisotopic (exact) mass is 457 g/mol. The zero-order valence-corrected chi connectivity index (χ0v) is 19.9. The van der Waals surface area contributed by atoms with Crippen LogP contribution in [-0.2, 0) is 4.79 Å². The Morgan fingerprint density at radius 1 is 0.938 bits per heavy atom.